The van der Waals surface area contributed by atoms with Gasteiger partial charge in [-0.3, -0.25) is 0 Å². The van der Waals surface area contributed by atoms with Crippen LogP contribution in [0.1, 0.15) is 5.56 Å². The number of sulfone groups is 1. The number of aliphatic hydroxyl groups is 1. The molecule has 0 spiro atoms. The molecule has 17 heavy (non-hydrogen) atoms. The maximum atomic E-state index is 11.3. The Morgan fingerprint density at radius 2 is 2.18 bits per heavy atom. The van der Waals surface area contributed by atoms with Gasteiger partial charge in [-0.1, -0.05) is 0 Å². The maximum absolute atomic E-state index is 11.3. The lowest BCUT2D eigenvalue weighted by atomic mass is 10.3. The lowest BCUT2D eigenvalue weighted by Crippen LogP contribution is -2.04. The van der Waals surface area contributed by atoms with E-state index in [1.165, 1.54) is 29.6 Å². The van der Waals surface area contributed by atoms with Crippen LogP contribution in [-0.2, 0) is 16.4 Å². The third-order valence-electron chi connectivity index (χ3n) is 2.14. The van der Waals surface area contributed by atoms with Crippen LogP contribution < -0.4 is 0 Å². The van der Waals surface area contributed by atoms with Gasteiger partial charge in [0.1, 0.15) is 11.2 Å². The zero-order valence-corrected chi connectivity index (χ0v) is 9.79. The van der Waals surface area contributed by atoms with Crippen LogP contribution in [0.25, 0.3) is 5.82 Å². The summed E-state index contributed by atoms with van der Waals surface area (Å²) in [4.78, 5) is 7.81. The molecule has 0 atom stereocenters. The molecule has 0 aliphatic rings. The fraction of sp³-hybridized carbons (Fsp3) is 0.222. The van der Waals surface area contributed by atoms with Crippen molar-refractivity contribution < 1.29 is 13.5 Å². The van der Waals surface area contributed by atoms with Gasteiger partial charge in [-0.2, -0.15) is 5.10 Å². The van der Waals surface area contributed by atoms with E-state index in [0.29, 0.717) is 11.4 Å². The van der Waals surface area contributed by atoms with E-state index in [4.69, 9.17) is 5.11 Å². The lowest BCUT2D eigenvalue weighted by Gasteiger charge is -2.03. The Hall–Kier alpha value is -1.80. The Kier molecular flexibility index (Phi) is 2.90. The van der Waals surface area contributed by atoms with Gasteiger partial charge in [-0.15, -0.1) is 0 Å². The van der Waals surface area contributed by atoms with Gasteiger partial charge in [0.25, 0.3) is 0 Å². The van der Waals surface area contributed by atoms with Crippen molar-refractivity contribution in [2.45, 2.75) is 11.5 Å². The molecule has 0 saturated carbocycles. The van der Waals surface area contributed by atoms with E-state index in [9.17, 15) is 8.42 Å². The zero-order valence-electron chi connectivity index (χ0n) is 8.98. The van der Waals surface area contributed by atoms with Crippen molar-refractivity contribution in [2.75, 3.05) is 6.26 Å². The van der Waals surface area contributed by atoms with E-state index in [2.05, 4.69) is 15.1 Å². The molecule has 0 amide bonds. The molecule has 2 aromatic rings. The molecule has 2 rings (SSSR count). The highest BCUT2D eigenvalue weighted by Gasteiger charge is 2.13. The van der Waals surface area contributed by atoms with E-state index in [0.717, 1.165) is 6.26 Å². The molecule has 0 aromatic carbocycles. The van der Waals surface area contributed by atoms with Crippen LogP contribution in [0.2, 0.25) is 0 Å². The van der Waals surface area contributed by atoms with Gasteiger partial charge in [0.2, 0.25) is 0 Å². The van der Waals surface area contributed by atoms with Gasteiger partial charge >= 0.3 is 0 Å². The first kappa shape index (κ1) is 11.7. The minimum Gasteiger partial charge on any atom is -0.391 e. The minimum absolute atomic E-state index is 0.0972. The summed E-state index contributed by atoms with van der Waals surface area (Å²) in [5.41, 5.74) is 0.468. The van der Waals surface area contributed by atoms with Crippen molar-refractivity contribution in [3.05, 3.63) is 30.5 Å². The third kappa shape index (κ3) is 2.32. The van der Waals surface area contributed by atoms with Crippen LogP contribution in [-0.4, -0.2) is 39.5 Å². The normalized spacial score (nSPS) is 11.6. The number of aliphatic hydroxyl groups excluding tert-OH is 1. The molecule has 0 fully saturated rings. The topological polar surface area (TPSA) is 98.0 Å². The van der Waals surface area contributed by atoms with Crippen molar-refractivity contribution >= 4 is 9.84 Å². The van der Waals surface area contributed by atoms with Crippen molar-refractivity contribution in [1.82, 2.24) is 19.7 Å². The molecule has 0 aliphatic heterocycles. The first-order chi connectivity index (χ1) is 8.02. The summed E-state index contributed by atoms with van der Waals surface area (Å²) in [7, 11) is -3.30. The summed E-state index contributed by atoms with van der Waals surface area (Å²) in [5.74, 6) is 0.359. The molecule has 0 saturated heterocycles. The highest BCUT2D eigenvalue weighted by Crippen LogP contribution is 2.13. The molecule has 0 aliphatic carbocycles. The Morgan fingerprint density at radius 3 is 2.76 bits per heavy atom. The molecule has 8 heteroatoms. The fourth-order valence-corrected chi connectivity index (χ4v) is 1.81. The van der Waals surface area contributed by atoms with Gasteiger partial charge in [0.15, 0.2) is 15.7 Å². The first-order valence-corrected chi connectivity index (χ1v) is 6.56. The van der Waals surface area contributed by atoms with Crippen molar-refractivity contribution in [3.8, 4) is 5.82 Å². The van der Waals surface area contributed by atoms with E-state index in [1.54, 1.807) is 0 Å². The predicted octanol–water partition coefficient (Wildman–Crippen LogP) is -0.442. The Balaban J connectivity index is 2.51. The molecule has 0 radical (unpaired) electrons. The highest BCUT2D eigenvalue weighted by atomic mass is 32.2. The van der Waals surface area contributed by atoms with Gasteiger partial charge in [0.05, 0.1) is 19.0 Å². The summed E-state index contributed by atoms with van der Waals surface area (Å²) in [6, 6.07) is 0. The van der Waals surface area contributed by atoms with E-state index in [1.807, 2.05) is 0 Å². The standard InChI is InChI=1S/C9H10N4O3S/c1-17(15,16)8-3-12-13(4-8)9-7(5-14)2-10-6-11-9/h2-4,6,14H,5H2,1H3. The molecule has 90 valence electrons. The smallest absolute Gasteiger partial charge is 0.178 e. The average molecular weight is 254 g/mol. The molecule has 0 bridgehead atoms. The molecule has 7 nitrogen and oxygen atoms in total. The zero-order chi connectivity index (χ0) is 12.5. The van der Waals surface area contributed by atoms with Gasteiger partial charge < -0.3 is 5.11 Å². The molecule has 1 N–H and O–H groups in total. The van der Waals surface area contributed by atoms with Crippen molar-refractivity contribution in [1.29, 1.82) is 0 Å². The van der Waals surface area contributed by atoms with E-state index in [-0.39, 0.29) is 11.5 Å². The second kappa shape index (κ2) is 4.22. The molecule has 0 unspecified atom stereocenters. The van der Waals surface area contributed by atoms with Crippen LogP contribution in [0.3, 0.4) is 0 Å². The van der Waals surface area contributed by atoms with E-state index >= 15 is 0 Å². The molecule has 2 heterocycles. The largest absolute Gasteiger partial charge is 0.391 e. The molecular weight excluding hydrogens is 244 g/mol. The summed E-state index contributed by atoms with van der Waals surface area (Å²) in [5, 5.41) is 13.0. The monoisotopic (exact) mass is 254 g/mol. The lowest BCUT2D eigenvalue weighted by molar-refractivity contribution is 0.280. The molecule has 2 aromatic heterocycles. The van der Waals surface area contributed by atoms with Crippen LogP contribution in [0.4, 0.5) is 0 Å². The first-order valence-electron chi connectivity index (χ1n) is 4.67. The number of aromatic nitrogens is 4. The number of rotatable bonds is 3. The van der Waals surface area contributed by atoms with Crippen molar-refractivity contribution in [3.63, 3.8) is 0 Å². The third-order valence-corrected chi connectivity index (χ3v) is 3.21. The van der Waals surface area contributed by atoms with Gasteiger partial charge in [-0.25, -0.2) is 23.1 Å². The molecular formula is C9H10N4O3S. The van der Waals surface area contributed by atoms with Crippen molar-refractivity contribution in [2.24, 2.45) is 0 Å². The summed E-state index contributed by atoms with van der Waals surface area (Å²) in [6.07, 6.45) is 6.43. The maximum Gasteiger partial charge on any atom is 0.178 e. The predicted molar refractivity (Wildman–Crippen MR) is 58.2 cm³/mol. The SMILES string of the molecule is CS(=O)(=O)c1cnn(-c2ncncc2CO)c1. The van der Waals surface area contributed by atoms with Crippen LogP contribution in [0.5, 0.6) is 0 Å². The highest BCUT2D eigenvalue weighted by molar-refractivity contribution is 7.90. The number of hydrogen-bond acceptors (Lipinski definition) is 6. The quantitative estimate of drug-likeness (QED) is 0.797. The second-order valence-corrected chi connectivity index (χ2v) is 5.44. The number of hydrogen-bond donors (Lipinski definition) is 1. The summed E-state index contributed by atoms with van der Waals surface area (Å²) < 4.78 is 23.9. The van der Waals surface area contributed by atoms with Crippen LogP contribution in [0, 0.1) is 0 Å². The Morgan fingerprint density at radius 1 is 1.41 bits per heavy atom. The Labute approximate surface area is 97.7 Å². The average Bonchev–Trinajstić information content (AvgIpc) is 2.77. The van der Waals surface area contributed by atoms with Gasteiger partial charge in [-0.05, 0) is 0 Å². The number of nitrogens with zero attached hydrogens (tertiary/aromatic N) is 4. The minimum atomic E-state index is -3.30. The summed E-state index contributed by atoms with van der Waals surface area (Å²) >= 11 is 0. The van der Waals surface area contributed by atoms with E-state index < -0.39 is 9.84 Å². The second-order valence-electron chi connectivity index (χ2n) is 3.42. The summed E-state index contributed by atoms with van der Waals surface area (Å²) in [6.45, 7) is -0.246. The Bertz CT molecular complexity index is 635. The van der Waals surface area contributed by atoms with Crippen LogP contribution >= 0.6 is 0 Å². The van der Waals surface area contributed by atoms with Gasteiger partial charge in [0, 0.05) is 18.0 Å². The van der Waals surface area contributed by atoms with Crippen LogP contribution in [0.15, 0.2) is 29.8 Å². The fourth-order valence-electron chi connectivity index (χ4n) is 1.28.